The number of rotatable bonds is 5. The number of aryl methyl sites for hydroxylation is 1. The maximum atomic E-state index is 4.76. The molecule has 18 heavy (non-hydrogen) atoms. The van der Waals surface area contributed by atoms with Gasteiger partial charge in [0.1, 0.15) is 5.01 Å². The normalized spacial score (nSPS) is 11.1. The highest BCUT2D eigenvalue weighted by molar-refractivity contribution is 7.15. The summed E-state index contributed by atoms with van der Waals surface area (Å²) in [4.78, 5) is 6.12. The van der Waals surface area contributed by atoms with Crippen LogP contribution < -0.4 is 5.32 Å². The molecular formula is C15H20N2S. The van der Waals surface area contributed by atoms with Crippen LogP contribution in [0.5, 0.6) is 0 Å². The maximum absolute atomic E-state index is 4.76. The van der Waals surface area contributed by atoms with E-state index in [0.717, 1.165) is 18.0 Å². The van der Waals surface area contributed by atoms with Crippen LogP contribution in [0.25, 0.3) is 10.6 Å². The lowest BCUT2D eigenvalue weighted by Crippen LogP contribution is -2.21. The molecule has 2 rings (SSSR count). The Balaban J connectivity index is 2.24. The molecule has 0 amide bonds. The summed E-state index contributed by atoms with van der Waals surface area (Å²) in [5.41, 5.74) is 2.44. The highest BCUT2D eigenvalue weighted by atomic mass is 32.1. The Bertz CT molecular complexity index is 488. The molecule has 2 aromatic rings. The fourth-order valence-electron chi connectivity index (χ4n) is 1.80. The van der Waals surface area contributed by atoms with Gasteiger partial charge in [0.2, 0.25) is 0 Å². The lowest BCUT2D eigenvalue weighted by molar-refractivity contribution is 0.590. The Morgan fingerprint density at radius 1 is 1.22 bits per heavy atom. The first-order chi connectivity index (χ1) is 8.70. The molecule has 1 N–H and O–H groups in total. The van der Waals surface area contributed by atoms with Crippen LogP contribution in [0.3, 0.4) is 0 Å². The molecule has 0 saturated carbocycles. The molecule has 0 unspecified atom stereocenters. The van der Waals surface area contributed by atoms with Gasteiger partial charge in [-0.15, -0.1) is 11.3 Å². The molecule has 1 aromatic heterocycles. The van der Waals surface area contributed by atoms with E-state index in [1.54, 1.807) is 11.3 Å². The molecule has 0 atom stereocenters. The largest absolute Gasteiger partial charge is 0.310 e. The quantitative estimate of drug-likeness (QED) is 0.882. The van der Waals surface area contributed by atoms with Crippen LogP contribution in [0.2, 0.25) is 0 Å². The Labute approximate surface area is 113 Å². The van der Waals surface area contributed by atoms with Gasteiger partial charge in [-0.25, -0.2) is 4.98 Å². The number of benzene rings is 1. The minimum atomic E-state index is 0.511. The first kappa shape index (κ1) is 13.2. The zero-order valence-corrected chi connectivity index (χ0v) is 12.1. The Kier molecular flexibility index (Phi) is 4.50. The zero-order chi connectivity index (χ0) is 13.0. The minimum Gasteiger partial charge on any atom is -0.310 e. The fraction of sp³-hybridized carbons (Fsp3) is 0.400. The molecule has 0 saturated heterocycles. The highest BCUT2D eigenvalue weighted by Gasteiger charge is 2.11. The van der Waals surface area contributed by atoms with E-state index in [1.165, 1.54) is 16.1 Å². The van der Waals surface area contributed by atoms with Gasteiger partial charge in [-0.2, -0.15) is 0 Å². The smallest absolute Gasteiger partial charge is 0.123 e. The summed E-state index contributed by atoms with van der Waals surface area (Å²) >= 11 is 1.81. The monoisotopic (exact) mass is 260 g/mol. The van der Waals surface area contributed by atoms with E-state index >= 15 is 0 Å². The van der Waals surface area contributed by atoms with Gasteiger partial charge in [0, 0.05) is 23.0 Å². The van der Waals surface area contributed by atoms with Crippen molar-refractivity contribution in [3.05, 3.63) is 40.9 Å². The van der Waals surface area contributed by atoms with Crippen molar-refractivity contribution in [2.75, 3.05) is 0 Å². The van der Waals surface area contributed by atoms with Crippen molar-refractivity contribution in [2.45, 2.75) is 39.8 Å². The molecule has 3 heteroatoms. The van der Waals surface area contributed by atoms with Gasteiger partial charge >= 0.3 is 0 Å². The van der Waals surface area contributed by atoms with Crippen molar-refractivity contribution < 1.29 is 0 Å². The molecule has 96 valence electrons. The third-order valence-corrected chi connectivity index (χ3v) is 3.95. The number of hydrogen-bond donors (Lipinski definition) is 1. The number of nitrogens with zero attached hydrogens (tertiary/aromatic N) is 1. The van der Waals surface area contributed by atoms with Crippen molar-refractivity contribution >= 4 is 11.3 Å². The Morgan fingerprint density at radius 2 is 1.94 bits per heavy atom. The van der Waals surface area contributed by atoms with Crippen LogP contribution in [-0.2, 0) is 13.0 Å². The molecule has 0 aliphatic carbocycles. The summed E-state index contributed by atoms with van der Waals surface area (Å²) in [5, 5.41) is 4.60. The summed E-state index contributed by atoms with van der Waals surface area (Å²) in [5.74, 6) is 0. The van der Waals surface area contributed by atoms with E-state index in [1.807, 2.05) is 6.07 Å². The van der Waals surface area contributed by atoms with Gasteiger partial charge in [0.25, 0.3) is 0 Å². The first-order valence-electron chi connectivity index (χ1n) is 6.48. The van der Waals surface area contributed by atoms with E-state index in [2.05, 4.69) is 50.4 Å². The molecule has 0 aliphatic rings. The lowest BCUT2D eigenvalue weighted by atomic mass is 10.2. The minimum absolute atomic E-state index is 0.511. The van der Waals surface area contributed by atoms with E-state index < -0.39 is 0 Å². The number of thiazole rings is 1. The van der Waals surface area contributed by atoms with E-state index in [0.29, 0.717) is 6.04 Å². The molecule has 0 radical (unpaired) electrons. The van der Waals surface area contributed by atoms with Gasteiger partial charge < -0.3 is 5.32 Å². The van der Waals surface area contributed by atoms with Crippen molar-refractivity contribution in [3.8, 4) is 10.6 Å². The standard InChI is InChI=1S/C15H20N2S/c1-4-13-14(10-16-11(2)3)18-15(17-13)12-8-6-5-7-9-12/h5-9,11,16H,4,10H2,1-3H3. The Morgan fingerprint density at radius 3 is 2.56 bits per heavy atom. The van der Waals surface area contributed by atoms with Crippen molar-refractivity contribution in [3.63, 3.8) is 0 Å². The van der Waals surface area contributed by atoms with Crippen LogP contribution in [0.1, 0.15) is 31.3 Å². The Hall–Kier alpha value is -1.19. The number of nitrogens with one attached hydrogen (secondary N) is 1. The molecular weight excluding hydrogens is 240 g/mol. The second kappa shape index (κ2) is 6.12. The second-order valence-electron chi connectivity index (χ2n) is 4.64. The van der Waals surface area contributed by atoms with Gasteiger partial charge in [0.05, 0.1) is 5.69 Å². The second-order valence-corrected chi connectivity index (χ2v) is 5.73. The summed E-state index contributed by atoms with van der Waals surface area (Å²) in [6, 6.07) is 10.9. The highest BCUT2D eigenvalue weighted by Crippen LogP contribution is 2.28. The van der Waals surface area contributed by atoms with Crippen molar-refractivity contribution in [1.82, 2.24) is 10.3 Å². The topological polar surface area (TPSA) is 24.9 Å². The van der Waals surface area contributed by atoms with Gasteiger partial charge in [0.15, 0.2) is 0 Å². The van der Waals surface area contributed by atoms with Gasteiger partial charge in [-0.1, -0.05) is 51.1 Å². The van der Waals surface area contributed by atoms with E-state index in [-0.39, 0.29) is 0 Å². The van der Waals surface area contributed by atoms with E-state index in [4.69, 9.17) is 4.98 Å². The summed E-state index contributed by atoms with van der Waals surface area (Å²) < 4.78 is 0. The van der Waals surface area contributed by atoms with Crippen LogP contribution >= 0.6 is 11.3 Å². The molecule has 1 aromatic carbocycles. The molecule has 0 bridgehead atoms. The zero-order valence-electron chi connectivity index (χ0n) is 11.2. The molecule has 0 spiro atoms. The average Bonchev–Trinajstić information content (AvgIpc) is 2.80. The average molecular weight is 260 g/mol. The predicted molar refractivity (Wildman–Crippen MR) is 78.9 cm³/mol. The van der Waals surface area contributed by atoms with Crippen molar-refractivity contribution in [2.24, 2.45) is 0 Å². The fourth-order valence-corrected chi connectivity index (χ4v) is 2.91. The molecule has 1 heterocycles. The SMILES string of the molecule is CCc1nc(-c2ccccc2)sc1CNC(C)C. The molecule has 0 fully saturated rings. The van der Waals surface area contributed by atoms with Crippen LogP contribution in [0.15, 0.2) is 30.3 Å². The van der Waals surface area contributed by atoms with Crippen LogP contribution in [-0.4, -0.2) is 11.0 Å². The summed E-state index contributed by atoms with van der Waals surface area (Å²) in [6.45, 7) is 7.43. The van der Waals surface area contributed by atoms with Gasteiger partial charge in [-0.05, 0) is 6.42 Å². The lowest BCUT2D eigenvalue weighted by Gasteiger charge is -2.06. The van der Waals surface area contributed by atoms with Crippen molar-refractivity contribution in [1.29, 1.82) is 0 Å². The third kappa shape index (κ3) is 3.18. The number of hydrogen-bond acceptors (Lipinski definition) is 3. The third-order valence-electron chi connectivity index (χ3n) is 2.80. The van der Waals surface area contributed by atoms with E-state index in [9.17, 15) is 0 Å². The predicted octanol–water partition coefficient (Wildman–Crippen LogP) is 3.87. The maximum Gasteiger partial charge on any atom is 0.123 e. The van der Waals surface area contributed by atoms with Crippen LogP contribution in [0, 0.1) is 0 Å². The summed E-state index contributed by atoms with van der Waals surface area (Å²) in [7, 11) is 0. The molecule has 2 nitrogen and oxygen atoms in total. The van der Waals surface area contributed by atoms with Crippen LogP contribution in [0.4, 0.5) is 0 Å². The first-order valence-corrected chi connectivity index (χ1v) is 7.29. The molecule has 0 aliphatic heterocycles. The summed E-state index contributed by atoms with van der Waals surface area (Å²) in [6.07, 6.45) is 0.998. The number of aromatic nitrogens is 1. The van der Waals surface area contributed by atoms with Gasteiger partial charge in [-0.3, -0.25) is 0 Å².